The quantitative estimate of drug-likeness (QED) is 0.451. The molecule has 1 aromatic carbocycles. The van der Waals surface area contributed by atoms with Crippen molar-refractivity contribution < 1.29 is 4.79 Å². The maximum absolute atomic E-state index is 11.6. The Morgan fingerprint density at radius 2 is 1.95 bits per heavy atom. The largest absolute Gasteiger partial charge is 0.356 e. The van der Waals surface area contributed by atoms with Gasteiger partial charge < -0.3 is 15.5 Å². The molecule has 6 heteroatoms. The van der Waals surface area contributed by atoms with Crippen LogP contribution in [0.2, 0.25) is 0 Å². The smallest absolute Gasteiger partial charge is 0.241 e. The van der Waals surface area contributed by atoms with Crippen LogP contribution < -0.4 is 10.6 Å². The van der Waals surface area contributed by atoms with E-state index in [-0.39, 0.29) is 12.5 Å². The van der Waals surface area contributed by atoms with Crippen LogP contribution in [0, 0.1) is 0 Å². The van der Waals surface area contributed by atoms with E-state index in [4.69, 9.17) is 0 Å². The number of aliphatic imine (C=N–C) groups is 1. The van der Waals surface area contributed by atoms with E-state index in [1.54, 1.807) is 30.8 Å². The molecule has 0 saturated carbocycles. The Hall–Kier alpha value is -1.69. The number of nitrogens with zero attached hydrogens (tertiary/aromatic N) is 2. The number of carbonyl (C=O) groups excluding carboxylic acids is 1. The summed E-state index contributed by atoms with van der Waals surface area (Å²) in [6.45, 7) is 1.65. The number of hydrogen-bond donors (Lipinski definition) is 2. The first-order chi connectivity index (χ1) is 10.1. The molecular weight excluding hydrogens is 284 g/mol. The summed E-state index contributed by atoms with van der Waals surface area (Å²) in [7, 11) is 3.48. The van der Waals surface area contributed by atoms with Gasteiger partial charge in [0.2, 0.25) is 5.91 Å². The second kappa shape index (κ2) is 10.1. The van der Waals surface area contributed by atoms with Gasteiger partial charge in [0.15, 0.2) is 5.96 Å². The summed E-state index contributed by atoms with van der Waals surface area (Å²) in [5, 5.41) is 6.30. The number of benzene rings is 1. The number of hydrogen-bond acceptors (Lipinski definition) is 3. The summed E-state index contributed by atoms with van der Waals surface area (Å²) < 4.78 is 0. The molecule has 0 spiro atoms. The van der Waals surface area contributed by atoms with E-state index in [1.807, 2.05) is 30.3 Å². The highest BCUT2D eigenvalue weighted by molar-refractivity contribution is 7.98. The fourth-order valence-electron chi connectivity index (χ4n) is 1.52. The first-order valence-electron chi connectivity index (χ1n) is 6.88. The average molecular weight is 308 g/mol. The van der Waals surface area contributed by atoms with Crippen molar-refractivity contribution in [2.75, 3.05) is 39.2 Å². The van der Waals surface area contributed by atoms with Gasteiger partial charge in [-0.15, -0.1) is 0 Å². The van der Waals surface area contributed by atoms with E-state index in [1.165, 1.54) is 0 Å². The van der Waals surface area contributed by atoms with Crippen molar-refractivity contribution in [3.63, 3.8) is 0 Å². The Morgan fingerprint density at radius 3 is 2.57 bits per heavy atom. The molecule has 0 atom stereocenters. The van der Waals surface area contributed by atoms with Crippen LogP contribution in [0.25, 0.3) is 0 Å². The van der Waals surface area contributed by atoms with Crippen LogP contribution >= 0.6 is 11.8 Å². The molecule has 1 rings (SSSR count). The normalized spacial score (nSPS) is 11.1. The van der Waals surface area contributed by atoms with E-state index in [9.17, 15) is 4.79 Å². The molecular formula is C15H24N4OS. The zero-order valence-corrected chi connectivity index (χ0v) is 13.7. The number of carbonyl (C=O) groups is 1. The molecule has 5 nitrogen and oxygen atoms in total. The average Bonchev–Trinajstić information content (AvgIpc) is 2.50. The minimum Gasteiger partial charge on any atom is -0.356 e. The molecule has 0 radical (unpaired) electrons. The van der Waals surface area contributed by atoms with E-state index in [0.29, 0.717) is 12.5 Å². The van der Waals surface area contributed by atoms with E-state index < -0.39 is 0 Å². The predicted octanol–water partition coefficient (Wildman–Crippen LogP) is 1.17. The number of rotatable bonds is 7. The number of likely N-dealkylation sites (N-methyl/N-ethyl adjacent to an activating group) is 1. The first kappa shape index (κ1) is 17.4. The molecule has 2 N–H and O–H groups in total. The summed E-state index contributed by atoms with van der Waals surface area (Å²) in [4.78, 5) is 17.7. The third-order valence-corrected chi connectivity index (χ3v) is 3.38. The molecule has 1 amide bonds. The summed E-state index contributed by atoms with van der Waals surface area (Å²) in [6.07, 6.45) is 2.06. The number of amides is 1. The van der Waals surface area contributed by atoms with Gasteiger partial charge in [0.25, 0.3) is 0 Å². The minimum absolute atomic E-state index is 0.0223. The number of thioether (sulfide) groups is 1. The lowest BCUT2D eigenvalue weighted by molar-refractivity contribution is -0.127. The van der Waals surface area contributed by atoms with Gasteiger partial charge in [-0.2, -0.15) is 11.8 Å². The molecule has 0 aliphatic carbocycles. The van der Waals surface area contributed by atoms with E-state index in [2.05, 4.69) is 21.9 Å². The minimum atomic E-state index is 0.0223. The van der Waals surface area contributed by atoms with Gasteiger partial charge in [0.05, 0.1) is 13.1 Å². The first-order valence-corrected chi connectivity index (χ1v) is 8.28. The third kappa shape index (κ3) is 7.60. The second-order valence-electron chi connectivity index (χ2n) is 4.71. The monoisotopic (exact) mass is 308 g/mol. The summed E-state index contributed by atoms with van der Waals surface area (Å²) >= 11 is 1.77. The Kier molecular flexibility index (Phi) is 8.35. The van der Waals surface area contributed by atoms with Gasteiger partial charge in [-0.05, 0) is 11.8 Å². The van der Waals surface area contributed by atoms with E-state index >= 15 is 0 Å². The Morgan fingerprint density at radius 1 is 1.24 bits per heavy atom. The molecule has 0 aromatic heterocycles. The molecule has 0 unspecified atom stereocenters. The molecule has 0 fully saturated rings. The van der Waals surface area contributed by atoms with Gasteiger partial charge in [0, 0.05) is 26.4 Å². The molecule has 21 heavy (non-hydrogen) atoms. The Bertz CT molecular complexity index is 448. The van der Waals surface area contributed by atoms with Gasteiger partial charge in [-0.3, -0.25) is 4.79 Å². The van der Waals surface area contributed by atoms with Crippen LogP contribution in [0.3, 0.4) is 0 Å². The predicted molar refractivity (Wildman–Crippen MR) is 90.7 cm³/mol. The highest BCUT2D eigenvalue weighted by atomic mass is 32.2. The lowest BCUT2D eigenvalue weighted by atomic mass is 10.2. The van der Waals surface area contributed by atoms with Crippen molar-refractivity contribution >= 4 is 23.6 Å². The van der Waals surface area contributed by atoms with Gasteiger partial charge >= 0.3 is 0 Å². The molecule has 0 saturated heterocycles. The lowest BCUT2D eigenvalue weighted by Crippen LogP contribution is -2.43. The van der Waals surface area contributed by atoms with Crippen molar-refractivity contribution in [1.82, 2.24) is 15.5 Å². The highest BCUT2D eigenvalue weighted by Gasteiger charge is 2.05. The highest BCUT2D eigenvalue weighted by Crippen LogP contribution is 1.99. The molecule has 0 aliphatic heterocycles. The molecule has 0 bridgehead atoms. The third-order valence-electron chi connectivity index (χ3n) is 2.77. The topological polar surface area (TPSA) is 56.7 Å². The van der Waals surface area contributed by atoms with Crippen molar-refractivity contribution in [3.05, 3.63) is 35.9 Å². The summed E-state index contributed by atoms with van der Waals surface area (Å²) in [5.74, 6) is 1.69. The van der Waals surface area contributed by atoms with Crippen molar-refractivity contribution in [2.45, 2.75) is 6.54 Å². The van der Waals surface area contributed by atoms with Crippen LogP contribution in [-0.4, -0.2) is 56.0 Å². The van der Waals surface area contributed by atoms with Gasteiger partial charge in [-0.25, -0.2) is 4.99 Å². The standard InChI is InChI=1S/C15H24N4OS/c1-19(2)14(20)12-18-15(16-9-10-21-3)17-11-13-7-5-4-6-8-13/h4-8H,9-12H2,1-3H3,(H2,16,17,18). The van der Waals surface area contributed by atoms with E-state index in [0.717, 1.165) is 17.9 Å². The summed E-state index contributed by atoms with van der Waals surface area (Å²) in [6, 6.07) is 10.0. The van der Waals surface area contributed by atoms with Crippen molar-refractivity contribution in [2.24, 2.45) is 4.99 Å². The number of guanidine groups is 1. The van der Waals surface area contributed by atoms with Gasteiger partial charge in [0.1, 0.15) is 0 Å². The maximum atomic E-state index is 11.6. The zero-order chi connectivity index (χ0) is 15.5. The molecule has 0 heterocycles. The van der Waals surface area contributed by atoms with Crippen LogP contribution in [-0.2, 0) is 11.3 Å². The van der Waals surface area contributed by atoms with Crippen LogP contribution in [0.5, 0.6) is 0 Å². The summed E-state index contributed by atoms with van der Waals surface area (Å²) in [5.41, 5.74) is 1.14. The SMILES string of the molecule is CSCCNC(=NCc1ccccc1)NCC(=O)N(C)C. The second-order valence-corrected chi connectivity index (χ2v) is 5.70. The maximum Gasteiger partial charge on any atom is 0.241 e. The molecule has 1 aromatic rings. The van der Waals surface area contributed by atoms with Gasteiger partial charge in [-0.1, -0.05) is 30.3 Å². The van der Waals surface area contributed by atoms with Crippen molar-refractivity contribution in [1.29, 1.82) is 0 Å². The van der Waals surface area contributed by atoms with Crippen molar-refractivity contribution in [3.8, 4) is 0 Å². The van der Waals surface area contributed by atoms with Crippen LogP contribution in [0.1, 0.15) is 5.56 Å². The molecule has 116 valence electrons. The van der Waals surface area contributed by atoms with Crippen LogP contribution in [0.15, 0.2) is 35.3 Å². The van der Waals surface area contributed by atoms with Crippen LogP contribution in [0.4, 0.5) is 0 Å². The zero-order valence-electron chi connectivity index (χ0n) is 12.9. The molecule has 0 aliphatic rings. The fraction of sp³-hybridized carbons (Fsp3) is 0.467. The Labute approximate surface area is 131 Å². The Balaban J connectivity index is 2.56. The lowest BCUT2D eigenvalue weighted by Gasteiger charge is -2.14. The fourth-order valence-corrected chi connectivity index (χ4v) is 1.82. The number of nitrogens with one attached hydrogen (secondary N) is 2.